The molecule has 3 aliphatic rings. The molecule has 8 nitrogen and oxygen atoms in total. The highest BCUT2D eigenvalue weighted by molar-refractivity contribution is 7.12. The lowest BCUT2D eigenvalue weighted by Crippen LogP contribution is -2.49. The van der Waals surface area contributed by atoms with Gasteiger partial charge in [-0.3, -0.25) is 9.69 Å². The SMILES string of the molecule is Cc1csc(C(=O)N2CCN(c3ccc(N4CCN(CC5CCCO5)CC4)nn3)CC2)c1. The lowest BCUT2D eigenvalue weighted by Gasteiger charge is -2.37. The third-order valence-electron chi connectivity index (χ3n) is 6.65. The second kappa shape index (κ2) is 9.72. The van der Waals surface area contributed by atoms with E-state index >= 15 is 0 Å². The minimum atomic E-state index is 0.141. The number of anilines is 2. The number of carbonyl (C=O) groups is 1. The summed E-state index contributed by atoms with van der Waals surface area (Å²) < 4.78 is 5.78. The lowest BCUT2D eigenvalue weighted by atomic mass is 10.2. The number of nitrogens with zero attached hydrogens (tertiary/aromatic N) is 6. The Labute approximate surface area is 193 Å². The predicted molar refractivity (Wildman–Crippen MR) is 127 cm³/mol. The van der Waals surface area contributed by atoms with Crippen LogP contribution in [0.15, 0.2) is 23.6 Å². The molecule has 0 aliphatic carbocycles. The molecule has 0 N–H and O–H groups in total. The smallest absolute Gasteiger partial charge is 0.264 e. The van der Waals surface area contributed by atoms with Crippen LogP contribution in [0.3, 0.4) is 0 Å². The second-order valence-corrected chi connectivity index (χ2v) is 9.85. The molecule has 1 atom stereocenters. The first-order valence-corrected chi connectivity index (χ1v) is 12.6. The average Bonchev–Trinajstić information content (AvgIpc) is 3.51. The van der Waals surface area contributed by atoms with Crippen molar-refractivity contribution in [1.29, 1.82) is 0 Å². The molecular formula is C23H32N6O2S. The van der Waals surface area contributed by atoms with Gasteiger partial charge in [0.25, 0.3) is 5.91 Å². The standard InChI is InChI=1S/C23H32N6O2S/c1-18-15-20(32-17-18)23(30)29-12-10-28(11-13-29)22-5-4-21(24-25-22)27-8-6-26(7-9-27)16-19-3-2-14-31-19/h4-5,15,17,19H,2-3,6-14,16H2,1H3. The molecule has 0 radical (unpaired) electrons. The summed E-state index contributed by atoms with van der Waals surface area (Å²) in [5.74, 6) is 1.99. The summed E-state index contributed by atoms with van der Waals surface area (Å²) in [5, 5.41) is 11.1. The van der Waals surface area contributed by atoms with Crippen LogP contribution in [0.1, 0.15) is 28.1 Å². The maximum Gasteiger partial charge on any atom is 0.264 e. The number of piperazine rings is 2. The maximum atomic E-state index is 12.7. The molecule has 3 fully saturated rings. The number of thiophene rings is 1. The van der Waals surface area contributed by atoms with Gasteiger partial charge in [-0.1, -0.05) is 0 Å². The molecule has 172 valence electrons. The molecule has 9 heteroatoms. The van der Waals surface area contributed by atoms with Crippen LogP contribution in [0.5, 0.6) is 0 Å². The summed E-state index contributed by atoms with van der Waals surface area (Å²) in [6.45, 7) is 11.0. The molecule has 2 aromatic heterocycles. The number of rotatable bonds is 5. The van der Waals surface area contributed by atoms with E-state index in [1.807, 2.05) is 23.3 Å². The van der Waals surface area contributed by atoms with Gasteiger partial charge >= 0.3 is 0 Å². The summed E-state index contributed by atoms with van der Waals surface area (Å²) in [7, 11) is 0. The molecule has 3 aliphatic heterocycles. The quantitative estimate of drug-likeness (QED) is 0.683. The van der Waals surface area contributed by atoms with Gasteiger partial charge in [-0.15, -0.1) is 21.5 Å². The van der Waals surface area contributed by atoms with Crippen LogP contribution in [-0.4, -0.2) is 97.5 Å². The molecule has 0 spiro atoms. The maximum absolute atomic E-state index is 12.7. The summed E-state index contributed by atoms with van der Waals surface area (Å²) in [6.07, 6.45) is 2.82. The first-order valence-electron chi connectivity index (χ1n) is 11.7. The highest BCUT2D eigenvalue weighted by Gasteiger charge is 2.25. The molecule has 1 amide bonds. The van der Waals surface area contributed by atoms with Crippen LogP contribution in [0.4, 0.5) is 11.6 Å². The van der Waals surface area contributed by atoms with Gasteiger partial charge in [0.15, 0.2) is 11.6 Å². The van der Waals surface area contributed by atoms with E-state index < -0.39 is 0 Å². The first kappa shape index (κ1) is 21.6. The van der Waals surface area contributed by atoms with E-state index in [-0.39, 0.29) is 5.91 Å². The van der Waals surface area contributed by atoms with Crippen molar-refractivity contribution in [2.75, 3.05) is 75.3 Å². The van der Waals surface area contributed by atoms with Gasteiger partial charge in [0, 0.05) is 65.5 Å². The third-order valence-corrected chi connectivity index (χ3v) is 7.69. The van der Waals surface area contributed by atoms with Crippen LogP contribution in [0.25, 0.3) is 0 Å². The van der Waals surface area contributed by atoms with Gasteiger partial charge in [-0.25, -0.2) is 0 Å². The number of amides is 1. The normalized spacial score (nSPS) is 22.5. The van der Waals surface area contributed by atoms with E-state index in [9.17, 15) is 4.79 Å². The number of carbonyl (C=O) groups excluding carboxylic acids is 1. The van der Waals surface area contributed by atoms with Crippen molar-refractivity contribution in [3.8, 4) is 0 Å². The van der Waals surface area contributed by atoms with E-state index in [0.29, 0.717) is 19.2 Å². The summed E-state index contributed by atoms with van der Waals surface area (Å²) in [6, 6.07) is 6.14. The molecule has 5 rings (SSSR count). The van der Waals surface area contributed by atoms with Crippen LogP contribution in [-0.2, 0) is 4.74 Å². The van der Waals surface area contributed by atoms with Gasteiger partial charge in [-0.2, -0.15) is 0 Å². The van der Waals surface area contributed by atoms with Crippen LogP contribution < -0.4 is 9.80 Å². The zero-order valence-electron chi connectivity index (χ0n) is 18.8. The molecule has 0 saturated carbocycles. The van der Waals surface area contributed by atoms with E-state index in [1.165, 1.54) is 24.2 Å². The van der Waals surface area contributed by atoms with Crippen LogP contribution >= 0.6 is 11.3 Å². The average molecular weight is 457 g/mol. The Bertz CT molecular complexity index is 897. The number of aryl methyl sites for hydroxylation is 1. The Morgan fingerprint density at radius 2 is 1.69 bits per heavy atom. The van der Waals surface area contributed by atoms with Crippen molar-refractivity contribution in [2.24, 2.45) is 0 Å². The van der Waals surface area contributed by atoms with Gasteiger partial charge in [0.1, 0.15) is 0 Å². The molecule has 32 heavy (non-hydrogen) atoms. The summed E-state index contributed by atoms with van der Waals surface area (Å²) in [4.78, 5) is 22.5. The highest BCUT2D eigenvalue weighted by atomic mass is 32.1. The minimum absolute atomic E-state index is 0.141. The molecule has 0 aromatic carbocycles. The van der Waals surface area contributed by atoms with Crippen molar-refractivity contribution in [2.45, 2.75) is 25.9 Å². The zero-order chi connectivity index (χ0) is 21.9. The topological polar surface area (TPSA) is 65.0 Å². The fourth-order valence-electron chi connectivity index (χ4n) is 4.73. The molecule has 1 unspecified atom stereocenters. The van der Waals surface area contributed by atoms with Crippen LogP contribution in [0.2, 0.25) is 0 Å². The Kier molecular flexibility index (Phi) is 6.56. The van der Waals surface area contributed by atoms with Crippen LogP contribution in [0, 0.1) is 6.92 Å². The van der Waals surface area contributed by atoms with Gasteiger partial charge in [0.2, 0.25) is 0 Å². The Balaban J connectivity index is 1.10. The molecule has 3 saturated heterocycles. The van der Waals surface area contributed by atoms with E-state index in [1.54, 1.807) is 0 Å². The summed E-state index contributed by atoms with van der Waals surface area (Å²) in [5.41, 5.74) is 1.15. The van der Waals surface area contributed by atoms with Gasteiger partial charge in [0.05, 0.1) is 11.0 Å². The Hall–Kier alpha value is -2.23. The molecular weight excluding hydrogens is 424 g/mol. The largest absolute Gasteiger partial charge is 0.377 e. The van der Waals surface area contributed by atoms with E-state index in [4.69, 9.17) is 4.74 Å². The number of hydrogen-bond acceptors (Lipinski definition) is 8. The van der Waals surface area contributed by atoms with Crippen molar-refractivity contribution < 1.29 is 9.53 Å². The number of aromatic nitrogens is 2. The van der Waals surface area contributed by atoms with Crippen molar-refractivity contribution in [1.82, 2.24) is 20.0 Å². The molecule has 5 heterocycles. The van der Waals surface area contributed by atoms with Crippen molar-refractivity contribution >= 4 is 28.9 Å². The van der Waals surface area contributed by atoms with Gasteiger partial charge < -0.3 is 19.4 Å². The molecule has 2 aromatic rings. The third kappa shape index (κ3) is 4.89. The highest BCUT2D eigenvalue weighted by Crippen LogP contribution is 2.21. The van der Waals surface area contributed by atoms with E-state index in [2.05, 4.69) is 37.0 Å². The lowest BCUT2D eigenvalue weighted by molar-refractivity contribution is 0.0712. The Morgan fingerprint density at radius 3 is 2.22 bits per heavy atom. The van der Waals surface area contributed by atoms with Crippen molar-refractivity contribution in [3.05, 3.63) is 34.0 Å². The first-order chi connectivity index (χ1) is 15.7. The number of ether oxygens (including phenoxy) is 1. The van der Waals surface area contributed by atoms with E-state index in [0.717, 1.165) is 74.5 Å². The van der Waals surface area contributed by atoms with Crippen molar-refractivity contribution in [3.63, 3.8) is 0 Å². The summed E-state index contributed by atoms with van der Waals surface area (Å²) >= 11 is 1.53. The molecule has 0 bridgehead atoms. The predicted octanol–water partition coefficient (Wildman–Crippen LogP) is 2.11. The van der Waals surface area contributed by atoms with Gasteiger partial charge in [-0.05, 0) is 48.9 Å². The number of hydrogen-bond donors (Lipinski definition) is 0. The Morgan fingerprint density at radius 1 is 1.03 bits per heavy atom. The second-order valence-electron chi connectivity index (χ2n) is 8.94. The fraction of sp³-hybridized carbons (Fsp3) is 0.609. The zero-order valence-corrected chi connectivity index (χ0v) is 19.6. The minimum Gasteiger partial charge on any atom is -0.377 e. The fourth-order valence-corrected chi connectivity index (χ4v) is 5.59. The monoisotopic (exact) mass is 456 g/mol.